The lowest BCUT2D eigenvalue weighted by Gasteiger charge is -2.47. The van der Waals surface area contributed by atoms with Gasteiger partial charge in [0.2, 0.25) is 5.91 Å². The first-order valence-electron chi connectivity index (χ1n) is 20.9. The van der Waals surface area contributed by atoms with Crippen LogP contribution in [0.3, 0.4) is 0 Å². The highest BCUT2D eigenvalue weighted by molar-refractivity contribution is 5.79. The highest BCUT2D eigenvalue weighted by Crippen LogP contribution is 2.34. The molecule has 7 saturated heterocycles. The maximum Gasteiger partial charge on any atom is 0.306 e. The largest absolute Gasteiger partial charge is 0.481 e. The Bertz CT molecular complexity index is 1280. The second kappa shape index (κ2) is 17.9. The van der Waals surface area contributed by atoms with E-state index in [9.17, 15) is 44.4 Å². The predicted octanol–water partition coefficient (Wildman–Crippen LogP) is -2.29. The highest BCUT2D eigenvalue weighted by atomic mass is 16.4. The zero-order valence-corrected chi connectivity index (χ0v) is 32.2. The summed E-state index contributed by atoms with van der Waals surface area (Å²) in [5.41, 5.74) is 5.75. The van der Waals surface area contributed by atoms with Gasteiger partial charge >= 0.3 is 23.9 Å². The van der Waals surface area contributed by atoms with Crippen LogP contribution < -0.4 is 37.6 Å². The van der Waals surface area contributed by atoms with Crippen LogP contribution >= 0.6 is 0 Å². The summed E-state index contributed by atoms with van der Waals surface area (Å²) in [5.74, 6) is -6.31. The Balaban J connectivity index is 1.31. The molecule has 0 saturated carbocycles. The number of amides is 1. The summed E-state index contributed by atoms with van der Waals surface area (Å²) in [5, 5.41) is 63.5. The summed E-state index contributed by atoms with van der Waals surface area (Å²) >= 11 is 0. The lowest BCUT2D eigenvalue weighted by Crippen LogP contribution is -2.66. The van der Waals surface area contributed by atoms with Gasteiger partial charge in [-0.05, 0) is 64.2 Å². The fourth-order valence-electron chi connectivity index (χ4n) is 11.6. The van der Waals surface area contributed by atoms with E-state index < -0.39 is 47.5 Å². The van der Waals surface area contributed by atoms with Crippen LogP contribution in [0.5, 0.6) is 0 Å². The highest BCUT2D eigenvalue weighted by Gasteiger charge is 2.46. The molecule has 0 aromatic rings. The molecule has 0 radical (unpaired) electrons. The van der Waals surface area contributed by atoms with Crippen molar-refractivity contribution in [2.75, 3.05) is 52.4 Å². The van der Waals surface area contributed by atoms with E-state index >= 15 is 0 Å². The van der Waals surface area contributed by atoms with Crippen molar-refractivity contribution in [3.05, 3.63) is 0 Å². The normalized spacial score (nSPS) is 44.3. The Morgan fingerprint density at radius 2 is 0.714 bits per heavy atom. The van der Waals surface area contributed by atoms with Gasteiger partial charge in [-0.25, -0.2) is 0 Å². The van der Waals surface area contributed by atoms with E-state index in [1.165, 1.54) is 0 Å². The van der Waals surface area contributed by atoms with Gasteiger partial charge in [-0.1, -0.05) is 0 Å². The third-order valence-corrected chi connectivity index (χ3v) is 13.9. The average Bonchev–Trinajstić information content (AvgIpc) is 3.15. The van der Waals surface area contributed by atoms with E-state index in [1.54, 1.807) is 0 Å². The molecule has 12 bridgehead atoms. The molecule has 12 N–H and O–H groups in total. The number of aliphatic carboxylic acids is 4. The van der Waals surface area contributed by atoms with Crippen molar-refractivity contribution in [2.24, 2.45) is 35.3 Å². The Kier molecular flexibility index (Phi) is 13.2. The van der Waals surface area contributed by atoms with Crippen LogP contribution in [0.15, 0.2) is 0 Å². The van der Waals surface area contributed by atoms with Crippen LogP contribution in [-0.4, -0.2) is 173 Å². The molecule has 7 fully saturated rings. The second-order valence-electron chi connectivity index (χ2n) is 18.2. The number of carboxylic acid groups (broad SMARTS) is 4. The van der Waals surface area contributed by atoms with Crippen LogP contribution in [0.4, 0.5) is 0 Å². The number of piperidine rings is 5. The standard InChI is InChI=1S/C38H63N9O9/c39-1-2-40-34(48)19-3-24-13-46-15-26-5-20(35(49)50)9-30(42-26)32-11-22(37(53)54)7-28(44-32)17-47(14-25(4-19)41-24)18-29-8-23(38(55)56)12-33(45-29)31-10-21(36(51)52)6-27(16-46)43-31/h19-33,41-45H,1-18,39H2,(H,40,48)(H,49,50)(H,51,52)(H,53,54)(H,55,56)/t19?,20-,21?,22+,23?,24?,25?,26-,27+,28+,29-,30?,31?,32?,33?. The molecule has 0 aromatic carbocycles. The smallest absolute Gasteiger partial charge is 0.306 e. The molecule has 0 spiro atoms. The molecule has 18 nitrogen and oxygen atoms in total. The zero-order valence-electron chi connectivity index (χ0n) is 32.2. The van der Waals surface area contributed by atoms with Gasteiger partial charge in [0.05, 0.1) is 23.7 Å². The summed E-state index contributed by atoms with van der Waals surface area (Å²) in [7, 11) is 0. The van der Waals surface area contributed by atoms with Gasteiger partial charge in [-0.15, -0.1) is 0 Å². The second-order valence-corrected chi connectivity index (χ2v) is 18.2. The van der Waals surface area contributed by atoms with Crippen molar-refractivity contribution in [3.8, 4) is 0 Å². The van der Waals surface area contributed by atoms with Gasteiger partial charge in [-0.2, -0.15) is 0 Å². The summed E-state index contributed by atoms with van der Waals surface area (Å²) in [6.07, 6.45) is 4.21. The summed E-state index contributed by atoms with van der Waals surface area (Å²) in [4.78, 5) is 68.8. The predicted molar refractivity (Wildman–Crippen MR) is 203 cm³/mol. The zero-order chi connectivity index (χ0) is 39.7. The van der Waals surface area contributed by atoms with Crippen molar-refractivity contribution in [1.82, 2.24) is 41.7 Å². The molecule has 7 rings (SSSR count). The number of nitrogens with zero attached hydrogens (tertiary/aromatic N) is 2. The van der Waals surface area contributed by atoms with Gasteiger partial charge in [0.15, 0.2) is 0 Å². The molecule has 0 aromatic heterocycles. The quantitative estimate of drug-likeness (QED) is 0.130. The molecule has 7 aliphatic rings. The van der Waals surface area contributed by atoms with Crippen LogP contribution in [0.2, 0.25) is 0 Å². The van der Waals surface area contributed by atoms with E-state index in [4.69, 9.17) is 5.73 Å². The molecule has 11 unspecified atom stereocenters. The van der Waals surface area contributed by atoms with Gasteiger partial charge in [0.25, 0.3) is 0 Å². The van der Waals surface area contributed by atoms with Crippen molar-refractivity contribution in [3.63, 3.8) is 0 Å². The van der Waals surface area contributed by atoms with E-state index in [0.29, 0.717) is 117 Å². The Morgan fingerprint density at radius 1 is 0.446 bits per heavy atom. The molecule has 17 atom stereocenters. The molecular formula is C38H63N9O9. The summed E-state index contributed by atoms with van der Waals surface area (Å²) in [6.45, 7) is 3.69. The topological polar surface area (TPSA) is 271 Å². The molecule has 314 valence electrons. The van der Waals surface area contributed by atoms with Gasteiger partial charge < -0.3 is 58.1 Å². The fourth-order valence-corrected chi connectivity index (χ4v) is 11.6. The number of carbonyl (C=O) groups is 5. The Hall–Kier alpha value is -2.97. The number of nitrogens with two attached hydrogens (primary N) is 1. The minimum Gasteiger partial charge on any atom is -0.481 e. The van der Waals surface area contributed by atoms with Crippen LogP contribution in [-0.2, 0) is 24.0 Å². The molecule has 18 heteroatoms. The lowest BCUT2D eigenvalue weighted by molar-refractivity contribution is -0.146. The molecular weight excluding hydrogens is 726 g/mol. The van der Waals surface area contributed by atoms with Gasteiger partial charge in [0, 0.05) is 119 Å². The maximum absolute atomic E-state index is 13.6. The number of hydrogen-bond donors (Lipinski definition) is 11. The van der Waals surface area contributed by atoms with Gasteiger partial charge in [0.1, 0.15) is 0 Å². The first kappa shape index (κ1) is 41.2. The number of hydrogen-bond acceptors (Lipinski definition) is 13. The monoisotopic (exact) mass is 789 g/mol. The fraction of sp³-hybridized carbons (Fsp3) is 0.868. The lowest BCUT2D eigenvalue weighted by atomic mass is 9.78. The molecule has 56 heavy (non-hydrogen) atoms. The minimum atomic E-state index is -0.871. The summed E-state index contributed by atoms with van der Waals surface area (Å²) < 4.78 is 0. The third-order valence-electron chi connectivity index (χ3n) is 13.9. The number of rotatable bonds is 7. The van der Waals surface area contributed by atoms with E-state index in [0.717, 1.165) is 0 Å². The van der Waals surface area contributed by atoms with Crippen LogP contribution in [0, 0.1) is 29.6 Å². The van der Waals surface area contributed by atoms with Crippen molar-refractivity contribution < 1.29 is 44.4 Å². The molecule has 7 aliphatic heterocycles. The van der Waals surface area contributed by atoms with Crippen molar-refractivity contribution in [1.29, 1.82) is 0 Å². The Morgan fingerprint density at radius 3 is 0.982 bits per heavy atom. The number of nitrogens with one attached hydrogen (secondary N) is 6. The van der Waals surface area contributed by atoms with E-state index in [1.807, 2.05) is 0 Å². The number of carbonyl (C=O) groups excluding carboxylic acids is 1. The van der Waals surface area contributed by atoms with E-state index in [-0.39, 0.29) is 72.2 Å². The molecule has 1 amide bonds. The SMILES string of the molecule is NCCNC(=O)C1CC2CN3C[C@H]4C[C@@H](C(=O)O)CC(N4)C4C[C@@H](C(=O)O)C[C@@H](CN(CC(C1)N2)C[C@H]1CC(C(=O)O)CC(N1)C1CC(C(=O)O)C[C@@H](C3)N1)N4. The Labute approximate surface area is 327 Å². The molecule has 0 aliphatic carbocycles. The van der Waals surface area contributed by atoms with E-state index in [2.05, 4.69) is 41.7 Å². The van der Waals surface area contributed by atoms with Crippen LogP contribution in [0.1, 0.15) is 64.2 Å². The first-order chi connectivity index (χ1) is 26.8. The molecule has 7 heterocycles. The van der Waals surface area contributed by atoms with Gasteiger partial charge in [-0.3, -0.25) is 33.8 Å². The average molecular weight is 790 g/mol. The first-order valence-corrected chi connectivity index (χ1v) is 20.9. The third kappa shape index (κ3) is 10.00. The van der Waals surface area contributed by atoms with Crippen molar-refractivity contribution >= 4 is 29.8 Å². The summed E-state index contributed by atoms with van der Waals surface area (Å²) in [6, 6.07) is -2.29. The number of carboxylic acids is 4. The van der Waals surface area contributed by atoms with Crippen LogP contribution in [0.25, 0.3) is 0 Å². The number of fused-ring (bicyclic) bond motifs is 12. The minimum absolute atomic E-state index is 0.0507. The maximum atomic E-state index is 13.6. The van der Waals surface area contributed by atoms with Crippen molar-refractivity contribution in [2.45, 2.75) is 125 Å².